The van der Waals surface area contributed by atoms with E-state index in [-0.39, 0.29) is 0 Å². The maximum absolute atomic E-state index is 2.49. The number of benzene rings is 2. The number of hydrogen-bond acceptors (Lipinski definition) is 0. The first-order valence-corrected chi connectivity index (χ1v) is 10.0. The highest BCUT2D eigenvalue weighted by atomic mass is 32.3. The summed E-state index contributed by atoms with van der Waals surface area (Å²) >= 11 is 0. The standard InChI is InChI=1S/C20H20S/c1-21(2,19-13-11-15-7-3-5-9-17(15)19)20-14-12-16-8-4-6-10-18(16)20/h3-14,19-20H,1-2H3. The monoisotopic (exact) mass is 292 g/mol. The van der Waals surface area contributed by atoms with Gasteiger partial charge in [-0.3, -0.25) is 0 Å². The average Bonchev–Trinajstić information content (AvgIpc) is 3.12. The SMILES string of the molecule is CS(C)(C1C=Cc2ccccc21)C1C=Cc2ccccc21. The first kappa shape index (κ1) is 13.0. The van der Waals surface area contributed by atoms with Gasteiger partial charge in [-0.25, -0.2) is 10.0 Å². The zero-order valence-electron chi connectivity index (χ0n) is 12.5. The molecule has 0 radical (unpaired) electrons. The Kier molecular flexibility index (Phi) is 2.87. The van der Waals surface area contributed by atoms with E-state index in [9.17, 15) is 0 Å². The summed E-state index contributed by atoms with van der Waals surface area (Å²) in [6, 6.07) is 17.7. The van der Waals surface area contributed by atoms with E-state index in [0.717, 1.165) is 0 Å². The maximum Gasteiger partial charge on any atom is 0.0334 e. The lowest BCUT2D eigenvalue weighted by atomic mass is 10.1. The summed E-state index contributed by atoms with van der Waals surface area (Å²) in [6.07, 6.45) is 14.4. The van der Waals surface area contributed by atoms with E-state index in [1.54, 1.807) is 0 Å². The quantitative estimate of drug-likeness (QED) is 0.677. The minimum Gasteiger partial charge on any atom is -0.226 e. The molecule has 0 bridgehead atoms. The van der Waals surface area contributed by atoms with Crippen molar-refractivity contribution in [2.75, 3.05) is 12.5 Å². The second-order valence-corrected chi connectivity index (χ2v) is 10.3. The Balaban J connectivity index is 1.76. The number of fused-ring (bicyclic) bond motifs is 2. The molecule has 0 nitrogen and oxygen atoms in total. The molecule has 2 aliphatic carbocycles. The Bertz CT molecular complexity index is 688. The highest BCUT2D eigenvalue weighted by Crippen LogP contribution is 2.68. The molecular formula is C20H20S. The molecule has 0 N–H and O–H groups in total. The molecule has 2 aromatic rings. The lowest BCUT2D eigenvalue weighted by Gasteiger charge is -2.43. The van der Waals surface area contributed by atoms with Crippen molar-refractivity contribution in [3.8, 4) is 0 Å². The van der Waals surface area contributed by atoms with Crippen molar-refractivity contribution in [2.45, 2.75) is 10.5 Å². The van der Waals surface area contributed by atoms with E-state index in [0.29, 0.717) is 10.5 Å². The predicted octanol–water partition coefficient (Wildman–Crippen LogP) is 5.59. The van der Waals surface area contributed by atoms with Gasteiger partial charge in [0, 0.05) is 10.5 Å². The van der Waals surface area contributed by atoms with Crippen LogP contribution in [0.4, 0.5) is 0 Å². The van der Waals surface area contributed by atoms with Crippen molar-refractivity contribution in [1.29, 1.82) is 0 Å². The molecule has 4 rings (SSSR count). The molecule has 0 saturated heterocycles. The van der Waals surface area contributed by atoms with Crippen LogP contribution in [0.3, 0.4) is 0 Å². The molecule has 0 aliphatic heterocycles. The van der Waals surface area contributed by atoms with Gasteiger partial charge in [-0.15, -0.1) is 0 Å². The van der Waals surface area contributed by atoms with Crippen LogP contribution in [0.2, 0.25) is 0 Å². The summed E-state index contributed by atoms with van der Waals surface area (Å²) in [5, 5.41) is 1.13. The van der Waals surface area contributed by atoms with Crippen LogP contribution in [0.15, 0.2) is 60.7 Å². The molecule has 2 unspecified atom stereocenters. The molecule has 106 valence electrons. The first-order valence-electron chi connectivity index (χ1n) is 7.43. The third-order valence-electron chi connectivity index (χ3n) is 4.82. The summed E-state index contributed by atoms with van der Waals surface area (Å²) in [6.45, 7) is 0. The zero-order valence-corrected chi connectivity index (χ0v) is 13.3. The molecule has 0 heterocycles. The fourth-order valence-electron chi connectivity index (χ4n) is 3.65. The van der Waals surface area contributed by atoms with Gasteiger partial charge in [-0.2, -0.15) is 0 Å². The lowest BCUT2D eigenvalue weighted by molar-refractivity contribution is 1.16. The fraction of sp³-hybridized carbons (Fsp3) is 0.200. The smallest absolute Gasteiger partial charge is 0.0334 e. The highest BCUT2D eigenvalue weighted by Gasteiger charge is 2.36. The molecule has 0 saturated carbocycles. The normalized spacial score (nSPS) is 23.1. The van der Waals surface area contributed by atoms with Gasteiger partial charge < -0.3 is 0 Å². The minimum atomic E-state index is -0.839. The van der Waals surface area contributed by atoms with Crippen LogP contribution in [0.1, 0.15) is 32.8 Å². The lowest BCUT2D eigenvalue weighted by Crippen LogP contribution is -2.12. The Labute approximate surface area is 128 Å². The summed E-state index contributed by atoms with van der Waals surface area (Å²) in [5.74, 6) is 0. The van der Waals surface area contributed by atoms with Crippen molar-refractivity contribution >= 4 is 22.2 Å². The molecular weight excluding hydrogens is 272 g/mol. The highest BCUT2D eigenvalue weighted by molar-refractivity contribution is 8.33. The van der Waals surface area contributed by atoms with E-state index in [2.05, 4.69) is 85.3 Å². The van der Waals surface area contributed by atoms with Gasteiger partial charge in [0.2, 0.25) is 0 Å². The van der Waals surface area contributed by atoms with Gasteiger partial charge in [0.05, 0.1) is 0 Å². The molecule has 1 heteroatoms. The second kappa shape index (κ2) is 4.64. The van der Waals surface area contributed by atoms with Crippen LogP contribution >= 0.6 is 10.0 Å². The van der Waals surface area contributed by atoms with Crippen LogP contribution < -0.4 is 0 Å². The van der Waals surface area contributed by atoms with E-state index in [4.69, 9.17) is 0 Å². The van der Waals surface area contributed by atoms with Crippen molar-refractivity contribution in [1.82, 2.24) is 0 Å². The van der Waals surface area contributed by atoms with Gasteiger partial charge in [0.1, 0.15) is 0 Å². The summed E-state index contributed by atoms with van der Waals surface area (Å²) in [7, 11) is -0.839. The Morgan fingerprint density at radius 1 is 0.667 bits per heavy atom. The van der Waals surface area contributed by atoms with Crippen LogP contribution in [-0.2, 0) is 0 Å². The van der Waals surface area contributed by atoms with Crippen molar-refractivity contribution in [3.63, 3.8) is 0 Å². The predicted molar refractivity (Wildman–Crippen MR) is 95.9 cm³/mol. The van der Waals surface area contributed by atoms with Crippen molar-refractivity contribution in [2.24, 2.45) is 0 Å². The topological polar surface area (TPSA) is 0 Å². The molecule has 2 aliphatic rings. The summed E-state index contributed by atoms with van der Waals surface area (Å²) in [5.41, 5.74) is 5.82. The van der Waals surface area contributed by atoms with E-state index < -0.39 is 10.0 Å². The van der Waals surface area contributed by atoms with Gasteiger partial charge in [0.15, 0.2) is 0 Å². The number of rotatable bonds is 2. The summed E-state index contributed by atoms with van der Waals surface area (Å²) < 4.78 is 0. The third kappa shape index (κ3) is 1.91. The largest absolute Gasteiger partial charge is 0.226 e. The first-order chi connectivity index (χ1) is 10.2. The van der Waals surface area contributed by atoms with Gasteiger partial charge >= 0.3 is 0 Å². The molecule has 2 atom stereocenters. The molecule has 0 amide bonds. The Morgan fingerprint density at radius 3 is 1.57 bits per heavy atom. The van der Waals surface area contributed by atoms with Gasteiger partial charge in [-0.1, -0.05) is 72.8 Å². The molecule has 0 spiro atoms. The molecule has 0 aromatic heterocycles. The van der Waals surface area contributed by atoms with Gasteiger partial charge in [-0.05, 0) is 34.8 Å². The average molecular weight is 292 g/mol. The van der Waals surface area contributed by atoms with Crippen LogP contribution in [0.25, 0.3) is 12.2 Å². The maximum atomic E-state index is 2.49. The van der Waals surface area contributed by atoms with Crippen LogP contribution in [-0.4, -0.2) is 12.5 Å². The number of hydrogen-bond donors (Lipinski definition) is 0. The second-order valence-electron chi connectivity index (χ2n) is 6.30. The molecule has 21 heavy (non-hydrogen) atoms. The third-order valence-corrected chi connectivity index (χ3v) is 8.26. The molecule has 2 aromatic carbocycles. The summed E-state index contributed by atoms with van der Waals surface area (Å²) in [4.78, 5) is 0. The minimum absolute atomic E-state index is 0.564. The van der Waals surface area contributed by atoms with Crippen LogP contribution in [0.5, 0.6) is 0 Å². The van der Waals surface area contributed by atoms with E-state index in [1.807, 2.05) is 0 Å². The van der Waals surface area contributed by atoms with E-state index in [1.165, 1.54) is 22.3 Å². The Morgan fingerprint density at radius 2 is 1.10 bits per heavy atom. The van der Waals surface area contributed by atoms with Gasteiger partial charge in [0.25, 0.3) is 0 Å². The van der Waals surface area contributed by atoms with Crippen molar-refractivity contribution in [3.05, 3.63) is 82.9 Å². The Hall–Kier alpha value is -1.73. The van der Waals surface area contributed by atoms with E-state index >= 15 is 0 Å². The zero-order chi connectivity index (χ0) is 14.4. The fourth-order valence-corrected chi connectivity index (χ4v) is 6.67. The van der Waals surface area contributed by atoms with Crippen molar-refractivity contribution < 1.29 is 0 Å². The van der Waals surface area contributed by atoms with Crippen LogP contribution in [0, 0.1) is 0 Å². The molecule has 0 fully saturated rings.